The first-order valence-electron chi connectivity index (χ1n) is 5.79. The van der Waals surface area contributed by atoms with Crippen LogP contribution in [0.4, 0.5) is 5.82 Å². The highest BCUT2D eigenvalue weighted by Crippen LogP contribution is 2.22. The number of hydrogen-bond donors (Lipinski definition) is 1. The van der Waals surface area contributed by atoms with E-state index in [9.17, 15) is 0 Å². The second kappa shape index (κ2) is 5.00. The van der Waals surface area contributed by atoms with Crippen LogP contribution < -0.4 is 10.5 Å². The first-order chi connectivity index (χ1) is 8.54. The zero-order chi connectivity index (χ0) is 13.1. The number of ether oxygens (including phenoxy) is 1. The van der Waals surface area contributed by atoms with Gasteiger partial charge in [0.05, 0.1) is 6.20 Å². The first kappa shape index (κ1) is 12.3. The molecule has 5 heteroatoms. The van der Waals surface area contributed by atoms with Gasteiger partial charge in [-0.1, -0.05) is 13.8 Å². The monoisotopic (exact) mass is 244 g/mol. The molecule has 0 aliphatic carbocycles. The minimum absolute atomic E-state index is 0.201. The van der Waals surface area contributed by atoms with E-state index in [1.165, 1.54) is 0 Å². The third-order valence-electron chi connectivity index (χ3n) is 2.36. The normalized spacial score (nSPS) is 10.7. The Labute approximate surface area is 106 Å². The average molecular weight is 244 g/mol. The van der Waals surface area contributed by atoms with Crippen LogP contribution in [-0.2, 0) is 0 Å². The Hall–Kier alpha value is -2.17. The lowest BCUT2D eigenvalue weighted by molar-refractivity contribution is 0.455. The Morgan fingerprint density at radius 3 is 2.61 bits per heavy atom. The summed E-state index contributed by atoms with van der Waals surface area (Å²) in [6.07, 6.45) is 1.66. The van der Waals surface area contributed by atoms with Crippen LogP contribution in [0.5, 0.6) is 11.6 Å². The number of hydrogen-bond acceptors (Lipinski definition) is 5. The first-order valence-corrected chi connectivity index (χ1v) is 5.79. The Balaban J connectivity index is 2.26. The summed E-state index contributed by atoms with van der Waals surface area (Å²) >= 11 is 0. The number of pyridine rings is 1. The van der Waals surface area contributed by atoms with Gasteiger partial charge in [0, 0.05) is 17.7 Å². The number of anilines is 1. The number of nitrogens with zero attached hydrogens (tertiary/aromatic N) is 3. The molecule has 0 spiro atoms. The van der Waals surface area contributed by atoms with Crippen molar-refractivity contribution in [1.82, 2.24) is 15.0 Å². The fourth-order valence-electron chi connectivity index (χ4n) is 1.41. The lowest BCUT2D eigenvalue weighted by Gasteiger charge is -2.09. The summed E-state index contributed by atoms with van der Waals surface area (Å²) in [5.41, 5.74) is 6.67. The molecule has 0 amide bonds. The van der Waals surface area contributed by atoms with Gasteiger partial charge in [-0.05, 0) is 19.1 Å². The van der Waals surface area contributed by atoms with E-state index in [0.717, 1.165) is 5.69 Å². The Morgan fingerprint density at radius 1 is 1.22 bits per heavy atom. The molecule has 0 bridgehead atoms. The third-order valence-corrected chi connectivity index (χ3v) is 2.36. The second-order valence-corrected chi connectivity index (χ2v) is 4.38. The zero-order valence-corrected chi connectivity index (χ0v) is 10.7. The van der Waals surface area contributed by atoms with E-state index < -0.39 is 0 Å². The maximum atomic E-state index is 5.73. The molecule has 2 aromatic rings. The molecular formula is C13H16N4O. The van der Waals surface area contributed by atoms with Gasteiger partial charge in [0.2, 0.25) is 5.88 Å². The van der Waals surface area contributed by atoms with Gasteiger partial charge < -0.3 is 10.5 Å². The van der Waals surface area contributed by atoms with Crippen molar-refractivity contribution >= 4 is 5.82 Å². The molecule has 18 heavy (non-hydrogen) atoms. The van der Waals surface area contributed by atoms with Crippen molar-refractivity contribution in [1.29, 1.82) is 0 Å². The minimum Gasteiger partial charge on any atom is -0.437 e. The number of nitrogen functional groups attached to an aromatic ring is 1. The van der Waals surface area contributed by atoms with Crippen molar-refractivity contribution in [2.45, 2.75) is 26.7 Å². The fraction of sp³-hybridized carbons (Fsp3) is 0.308. The van der Waals surface area contributed by atoms with Crippen LogP contribution in [0.2, 0.25) is 0 Å². The lowest BCUT2D eigenvalue weighted by Crippen LogP contribution is -2.03. The van der Waals surface area contributed by atoms with Gasteiger partial charge >= 0.3 is 0 Å². The summed E-state index contributed by atoms with van der Waals surface area (Å²) in [6.45, 7) is 5.93. The predicted molar refractivity (Wildman–Crippen MR) is 69.6 cm³/mol. The van der Waals surface area contributed by atoms with Crippen molar-refractivity contribution in [2.75, 3.05) is 5.73 Å². The zero-order valence-electron chi connectivity index (χ0n) is 10.7. The Kier molecular flexibility index (Phi) is 3.41. The van der Waals surface area contributed by atoms with Gasteiger partial charge in [-0.2, -0.15) is 4.98 Å². The summed E-state index contributed by atoms with van der Waals surface area (Å²) in [5, 5.41) is 0. The number of nitrogens with two attached hydrogens (primary N) is 1. The lowest BCUT2D eigenvalue weighted by atomic mass is 10.2. The third kappa shape index (κ3) is 2.94. The van der Waals surface area contributed by atoms with Crippen molar-refractivity contribution < 1.29 is 4.74 Å². The van der Waals surface area contributed by atoms with E-state index in [1.807, 2.05) is 32.9 Å². The molecule has 0 fully saturated rings. The quantitative estimate of drug-likeness (QED) is 0.898. The van der Waals surface area contributed by atoms with Crippen LogP contribution in [0.1, 0.15) is 31.3 Å². The van der Waals surface area contributed by atoms with E-state index in [-0.39, 0.29) is 5.92 Å². The molecule has 0 radical (unpaired) electrons. The molecule has 94 valence electrons. The molecule has 2 rings (SSSR count). The maximum absolute atomic E-state index is 5.73. The smallest absolute Gasteiger partial charge is 0.224 e. The van der Waals surface area contributed by atoms with E-state index in [0.29, 0.717) is 23.3 Å². The summed E-state index contributed by atoms with van der Waals surface area (Å²) < 4.78 is 5.61. The minimum atomic E-state index is 0.201. The topological polar surface area (TPSA) is 73.9 Å². The molecule has 5 nitrogen and oxygen atoms in total. The molecule has 2 heterocycles. The van der Waals surface area contributed by atoms with Crippen LogP contribution in [0.25, 0.3) is 0 Å². The van der Waals surface area contributed by atoms with Crippen LogP contribution in [0.3, 0.4) is 0 Å². The van der Waals surface area contributed by atoms with Gasteiger partial charge in [0.1, 0.15) is 17.4 Å². The van der Waals surface area contributed by atoms with Crippen molar-refractivity contribution in [3.8, 4) is 11.6 Å². The maximum Gasteiger partial charge on any atom is 0.224 e. The SMILES string of the molecule is Cc1ccc(Oc2cc(N)nc(C(C)C)n2)cn1. The molecular weight excluding hydrogens is 228 g/mol. The molecule has 2 aromatic heterocycles. The molecule has 0 aliphatic rings. The highest BCUT2D eigenvalue weighted by Gasteiger charge is 2.08. The second-order valence-electron chi connectivity index (χ2n) is 4.38. The van der Waals surface area contributed by atoms with E-state index in [1.54, 1.807) is 12.3 Å². The van der Waals surface area contributed by atoms with Crippen LogP contribution >= 0.6 is 0 Å². The number of aromatic nitrogens is 3. The van der Waals surface area contributed by atoms with Gasteiger partial charge in [-0.3, -0.25) is 4.98 Å². The highest BCUT2D eigenvalue weighted by molar-refractivity contribution is 5.35. The van der Waals surface area contributed by atoms with Gasteiger partial charge in [0.15, 0.2) is 0 Å². The van der Waals surface area contributed by atoms with E-state index in [4.69, 9.17) is 10.5 Å². The van der Waals surface area contributed by atoms with E-state index in [2.05, 4.69) is 15.0 Å². The van der Waals surface area contributed by atoms with Crippen LogP contribution in [-0.4, -0.2) is 15.0 Å². The van der Waals surface area contributed by atoms with Gasteiger partial charge in [0.25, 0.3) is 0 Å². The molecule has 0 aliphatic heterocycles. The standard InChI is InChI=1S/C13H16N4O/c1-8(2)13-16-11(14)6-12(17-13)18-10-5-4-9(3)15-7-10/h4-8H,1-3H3,(H2,14,16,17). The van der Waals surface area contributed by atoms with E-state index >= 15 is 0 Å². The molecule has 0 saturated carbocycles. The van der Waals surface area contributed by atoms with Crippen molar-refractivity contribution in [3.05, 3.63) is 35.9 Å². The number of rotatable bonds is 3. The predicted octanol–water partition coefficient (Wildman–Crippen LogP) is 2.68. The summed E-state index contributed by atoms with van der Waals surface area (Å²) in [7, 11) is 0. The highest BCUT2D eigenvalue weighted by atomic mass is 16.5. The van der Waals surface area contributed by atoms with Gasteiger partial charge in [-0.25, -0.2) is 4.98 Å². The molecule has 0 saturated heterocycles. The Morgan fingerprint density at radius 2 is 2.00 bits per heavy atom. The molecule has 2 N–H and O–H groups in total. The number of aryl methyl sites for hydroxylation is 1. The fourth-order valence-corrected chi connectivity index (χ4v) is 1.41. The molecule has 0 unspecified atom stereocenters. The Bertz CT molecular complexity index is 537. The average Bonchev–Trinajstić information content (AvgIpc) is 2.31. The molecule has 0 atom stereocenters. The summed E-state index contributed by atoms with van der Waals surface area (Å²) in [5.74, 6) is 2.35. The molecule has 0 aromatic carbocycles. The summed E-state index contributed by atoms with van der Waals surface area (Å²) in [4.78, 5) is 12.6. The summed E-state index contributed by atoms with van der Waals surface area (Å²) in [6, 6.07) is 5.32. The van der Waals surface area contributed by atoms with Crippen molar-refractivity contribution in [3.63, 3.8) is 0 Å². The van der Waals surface area contributed by atoms with Gasteiger partial charge in [-0.15, -0.1) is 0 Å². The van der Waals surface area contributed by atoms with Crippen LogP contribution in [0, 0.1) is 6.92 Å². The van der Waals surface area contributed by atoms with Crippen LogP contribution in [0.15, 0.2) is 24.4 Å². The van der Waals surface area contributed by atoms with Crippen molar-refractivity contribution in [2.24, 2.45) is 0 Å². The largest absolute Gasteiger partial charge is 0.437 e.